The van der Waals surface area contributed by atoms with Crippen molar-refractivity contribution in [3.63, 3.8) is 0 Å². The smallest absolute Gasteiger partial charge is 0.264 e. The molecule has 0 saturated carbocycles. The maximum absolute atomic E-state index is 10.6. The van der Waals surface area contributed by atoms with Gasteiger partial charge in [-0.05, 0) is 20.0 Å². The van der Waals surface area contributed by atoms with Crippen molar-refractivity contribution in [3.8, 4) is 0 Å². The van der Waals surface area contributed by atoms with Gasteiger partial charge in [0, 0.05) is 18.7 Å². The predicted octanol–water partition coefficient (Wildman–Crippen LogP) is -0.792. The summed E-state index contributed by atoms with van der Waals surface area (Å²) in [6, 6.07) is 0. The van der Waals surface area contributed by atoms with Gasteiger partial charge in [0.05, 0.1) is 43.1 Å². The fourth-order valence-corrected chi connectivity index (χ4v) is 2.83. The van der Waals surface area contributed by atoms with Crippen LogP contribution in [0.3, 0.4) is 0 Å². The van der Waals surface area contributed by atoms with Gasteiger partial charge in [-0.2, -0.15) is 8.42 Å². The molecule has 0 bridgehead atoms. The number of hydrogen-bond donors (Lipinski definition) is 1. The summed E-state index contributed by atoms with van der Waals surface area (Å²) in [5, 5.41) is 0. The summed E-state index contributed by atoms with van der Waals surface area (Å²) in [5.74, 6) is -0.601. The van der Waals surface area contributed by atoms with E-state index in [9.17, 15) is 21.4 Å². The number of likely N-dealkylation sites (N-methyl/N-ethyl adjacent to an activating group) is 2. The Morgan fingerprint density at radius 2 is 1.57 bits per heavy atom. The highest BCUT2D eigenvalue weighted by atomic mass is 32.2. The molecule has 0 fully saturated rings. The van der Waals surface area contributed by atoms with Crippen molar-refractivity contribution in [1.29, 1.82) is 0 Å². The van der Waals surface area contributed by atoms with Crippen LogP contribution in [0.5, 0.6) is 0 Å². The molecule has 1 N–H and O–H groups in total. The Kier molecular flexibility index (Phi) is 8.29. The minimum Gasteiger partial charge on any atom is -0.748 e. The van der Waals surface area contributed by atoms with Crippen LogP contribution in [0.25, 0.3) is 0 Å². The molecule has 0 heterocycles. The van der Waals surface area contributed by atoms with E-state index in [4.69, 9.17) is 4.55 Å². The number of quaternary nitrogens is 1. The highest BCUT2D eigenvalue weighted by molar-refractivity contribution is 7.85. The molecule has 0 atom stereocenters. The van der Waals surface area contributed by atoms with Gasteiger partial charge in [0.25, 0.3) is 10.1 Å². The van der Waals surface area contributed by atoms with E-state index < -0.39 is 20.2 Å². The summed E-state index contributed by atoms with van der Waals surface area (Å²) < 4.78 is 62.0. The van der Waals surface area contributed by atoms with Gasteiger partial charge in [-0.3, -0.25) is 4.55 Å². The zero-order chi connectivity index (χ0) is 16.7. The Morgan fingerprint density at radius 3 is 2.05 bits per heavy atom. The summed E-state index contributed by atoms with van der Waals surface area (Å²) in [7, 11) is -2.31. The lowest BCUT2D eigenvalue weighted by Gasteiger charge is -2.32. The Labute approximate surface area is 127 Å². The molecule has 0 rings (SSSR count). The van der Waals surface area contributed by atoms with Gasteiger partial charge in [0.1, 0.15) is 0 Å². The first-order valence-corrected chi connectivity index (χ1v) is 9.89. The largest absolute Gasteiger partial charge is 0.748 e. The third-order valence-corrected chi connectivity index (χ3v) is 4.78. The third-order valence-electron chi connectivity index (χ3n) is 3.19. The van der Waals surface area contributed by atoms with Crippen molar-refractivity contribution in [2.45, 2.75) is 12.8 Å². The second-order valence-electron chi connectivity index (χ2n) is 5.94. The van der Waals surface area contributed by atoms with Crippen LogP contribution in [-0.4, -0.2) is 94.2 Å². The Balaban J connectivity index is 3.95. The highest BCUT2D eigenvalue weighted by Gasteiger charge is 2.16. The summed E-state index contributed by atoms with van der Waals surface area (Å²) in [6.45, 7) is 2.60. The van der Waals surface area contributed by atoms with Crippen molar-refractivity contribution >= 4 is 20.2 Å². The van der Waals surface area contributed by atoms with E-state index in [-0.39, 0.29) is 11.5 Å². The molecule has 128 valence electrons. The van der Waals surface area contributed by atoms with Crippen LogP contribution < -0.4 is 0 Å². The molecular weight excluding hydrogens is 320 g/mol. The molecule has 0 aromatic heterocycles. The summed E-state index contributed by atoms with van der Waals surface area (Å²) in [5.41, 5.74) is 0. The quantitative estimate of drug-likeness (QED) is 0.385. The minimum absolute atomic E-state index is 0.253. The molecule has 0 unspecified atom stereocenters. The van der Waals surface area contributed by atoms with E-state index in [0.717, 1.165) is 6.54 Å². The van der Waals surface area contributed by atoms with Crippen molar-refractivity contribution in [3.05, 3.63) is 0 Å². The molecule has 0 saturated heterocycles. The monoisotopic (exact) mass is 346 g/mol. The molecule has 0 spiro atoms. The van der Waals surface area contributed by atoms with Crippen LogP contribution in [0.15, 0.2) is 0 Å². The van der Waals surface area contributed by atoms with Gasteiger partial charge >= 0.3 is 0 Å². The molecule has 0 aromatic rings. The summed E-state index contributed by atoms with van der Waals surface area (Å²) >= 11 is 0. The van der Waals surface area contributed by atoms with Gasteiger partial charge in [-0.15, -0.1) is 0 Å². The normalized spacial score (nSPS) is 13.8. The SMILES string of the molecule is CN(CCCS(=O)(=O)O)CC[N+](C)(C)CCCS(=O)(=O)[O-]. The molecule has 21 heavy (non-hydrogen) atoms. The van der Waals surface area contributed by atoms with Crippen molar-refractivity contribution < 1.29 is 30.4 Å². The fraction of sp³-hybridized carbons (Fsp3) is 1.00. The molecule has 0 aliphatic rings. The maximum Gasteiger partial charge on any atom is 0.264 e. The van der Waals surface area contributed by atoms with Gasteiger partial charge in [-0.25, -0.2) is 8.42 Å². The number of hydrogen-bond acceptors (Lipinski definition) is 6. The van der Waals surface area contributed by atoms with E-state index in [1.54, 1.807) is 0 Å². The zero-order valence-corrected chi connectivity index (χ0v) is 14.5. The van der Waals surface area contributed by atoms with E-state index >= 15 is 0 Å². The third kappa shape index (κ3) is 14.4. The Hall–Kier alpha value is -0.260. The molecular formula is C11H26N2O6S2. The van der Waals surface area contributed by atoms with E-state index in [0.29, 0.717) is 37.0 Å². The second-order valence-corrected chi connectivity index (χ2v) is 9.04. The highest BCUT2D eigenvalue weighted by Crippen LogP contribution is 2.02. The topological polar surface area (TPSA) is 115 Å². The summed E-state index contributed by atoms with van der Waals surface area (Å²) in [6.07, 6.45) is 0.683. The predicted molar refractivity (Wildman–Crippen MR) is 79.6 cm³/mol. The molecule has 0 aliphatic heterocycles. The lowest BCUT2D eigenvalue weighted by molar-refractivity contribution is -0.889. The van der Waals surface area contributed by atoms with Crippen molar-refractivity contribution in [1.82, 2.24) is 4.90 Å². The van der Waals surface area contributed by atoms with E-state index in [1.807, 2.05) is 26.0 Å². The van der Waals surface area contributed by atoms with Gasteiger partial charge in [0.2, 0.25) is 0 Å². The van der Waals surface area contributed by atoms with Crippen LogP contribution in [-0.2, 0) is 20.2 Å². The standard InChI is InChI=1S/C11H26N2O6S2/c1-12(6-4-10-20(14,15)16)7-9-13(2,3)8-5-11-21(17,18)19/h4-11H2,1-3H3,(H-,14,15,16,17,18,19). The Bertz CT molecular complexity index is 501. The fourth-order valence-electron chi connectivity index (χ4n) is 1.85. The van der Waals surface area contributed by atoms with Gasteiger partial charge < -0.3 is 13.9 Å². The van der Waals surface area contributed by atoms with Crippen LogP contribution in [0.2, 0.25) is 0 Å². The number of rotatable bonds is 11. The molecule has 0 radical (unpaired) electrons. The van der Waals surface area contributed by atoms with Crippen molar-refractivity contribution in [2.75, 3.05) is 58.8 Å². The van der Waals surface area contributed by atoms with E-state index in [1.165, 1.54) is 0 Å². The zero-order valence-electron chi connectivity index (χ0n) is 12.9. The molecule has 8 nitrogen and oxygen atoms in total. The average molecular weight is 346 g/mol. The van der Waals surface area contributed by atoms with Crippen molar-refractivity contribution in [2.24, 2.45) is 0 Å². The second kappa shape index (κ2) is 8.39. The maximum atomic E-state index is 10.6. The van der Waals surface area contributed by atoms with Gasteiger partial charge in [-0.1, -0.05) is 0 Å². The molecule has 0 amide bonds. The minimum atomic E-state index is -4.15. The van der Waals surface area contributed by atoms with Crippen LogP contribution in [0.4, 0.5) is 0 Å². The van der Waals surface area contributed by atoms with Crippen LogP contribution >= 0.6 is 0 Å². The molecule has 10 heteroatoms. The van der Waals surface area contributed by atoms with E-state index in [2.05, 4.69) is 0 Å². The first-order chi connectivity index (χ1) is 9.31. The average Bonchev–Trinajstić information content (AvgIpc) is 2.22. The van der Waals surface area contributed by atoms with Gasteiger partial charge in [0.15, 0.2) is 0 Å². The molecule has 0 aromatic carbocycles. The van der Waals surface area contributed by atoms with Crippen LogP contribution in [0, 0.1) is 0 Å². The first-order valence-electron chi connectivity index (χ1n) is 6.70. The van der Waals surface area contributed by atoms with Crippen LogP contribution in [0.1, 0.15) is 12.8 Å². The number of nitrogens with zero attached hydrogens (tertiary/aromatic N) is 2. The lowest BCUT2D eigenvalue weighted by Crippen LogP contribution is -2.46. The summed E-state index contributed by atoms with van der Waals surface area (Å²) in [4.78, 5) is 1.95. The molecule has 0 aliphatic carbocycles. The Morgan fingerprint density at radius 1 is 1.00 bits per heavy atom. The lowest BCUT2D eigenvalue weighted by atomic mass is 10.3. The first kappa shape index (κ1) is 20.7.